The Labute approximate surface area is 128 Å². The Morgan fingerprint density at radius 2 is 2.05 bits per heavy atom. The van der Waals surface area contributed by atoms with Gasteiger partial charge in [-0.15, -0.1) is 11.3 Å². The molecule has 2 N–H and O–H groups in total. The number of nitrogens with one attached hydrogen (secondary N) is 2. The molecule has 1 aromatic carbocycles. The molecule has 1 aromatic heterocycles. The number of hydrogen-bond donors (Lipinski definition) is 2. The van der Waals surface area contributed by atoms with Gasteiger partial charge in [-0.05, 0) is 31.0 Å². The number of guanidine groups is 1. The zero-order valence-corrected chi connectivity index (χ0v) is 13.0. The molecule has 0 aliphatic heterocycles. The van der Waals surface area contributed by atoms with Crippen LogP contribution in [0.5, 0.6) is 0 Å². The lowest BCUT2D eigenvalue weighted by molar-refractivity contribution is 0.626. The Kier molecular flexibility index (Phi) is 5.68. The average Bonchev–Trinajstić information content (AvgIpc) is 2.90. The Bertz CT molecular complexity index is 592. The number of nitrogens with zero attached hydrogens (tertiary/aromatic N) is 2. The first-order chi connectivity index (χ1) is 10.2. The first kappa shape index (κ1) is 15.4. The van der Waals surface area contributed by atoms with Crippen molar-refractivity contribution in [2.45, 2.75) is 19.9 Å². The zero-order chi connectivity index (χ0) is 15.1. The quantitative estimate of drug-likeness (QED) is 0.659. The first-order valence-corrected chi connectivity index (χ1v) is 7.59. The van der Waals surface area contributed by atoms with E-state index in [1.807, 2.05) is 13.1 Å². The second-order valence-corrected chi connectivity index (χ2v) is 5.91. The van der Waals surface area contributed by atoms with Crippen molar-refractivity contribution in [2.24, 2.45) is 4.99 Å². The molecule has 0 saturated heterocycles. The highest BCUT2D eigenvalue weighted by atomic mass is 32.1. The van der Waals surface area contributed by atoms with Gasteiger partial charge >= 0.3 is 0 Å². The molecule has 112 valence electrons. The second kappa shape index (κ2) is 7.73. The van der Waals surface area contributed by atoms with E-state index in [1.54, 1.807) is 30.5 Å². The maximum atomic E-state index is 12.8. The highest BCUT2D eigenvalue weighted by Gasteiger charge is 2.01. The maximum absolute atomic E-state index is 12.8. The van der Waals surface area contributed by atoms with E-state index >= 15 is 0 Å². The van der Waals surface area contributed by atoms with Gasteiger partial charge in [0.25, 0.3) is 0 Å². The van der Waals surface area contributed by atoms with Gasteiger partial charge in [-0.2, -0.15) is 0 Å². The van der Waals surface area contributed by atoms with Crippen LogP contribution in [0.1, 0.15) is 15.4 Å². The molecule has 2 aromatic rings. The molecule has 0 aliphatic carbocycles. The van der Waals surface area contributed by atoms with Crippen molar-refractivity contribution in [2.75, 3.05) is 13.6 Å². The van der Waals surface area contributed by atoms with Gasteiger partial charge in [0, 0.05) is 24.7 Å². The minimum atomic E-state index is -0.206. The number of aryl methyl sites for hydroxylation is 1. The molecule has 1 heterocycles. The minimum Gasteiger partial charge on any atom is -0.356 e. The van der Waals surface area contributed by atoms with E-state index < -0.39 is 0 Å². The van der Waals surface area contributed by atoms with Gasteiger partial charge in [0.15, 0.2) is 5.96 Å². The van der Waals surface area contributed by atoms with E-state index in [0.29, 0.717) is 6.54 Å². The molecule has 0 spiro atoms. The monoisotopic (exact) mass is 306 g/mol. The molecular formula is C15H19FN4S. The molecule has 0 unspecified atom stereocenters. The number of hydrogen-bond acceptors (Lipinski definition) is 3. The predicted octanol–water partition coefficient (Wildman–Crippen LogP) is 2.50. The largest absolute Gasteiger partial charge is 0.356 e. The molecular weight excluding hydrogens is 287 g/mol. The van der Waals surface area contributed by atoms with Crippen LogP contribution in [-0.4, -0.2) is 24.5 Å². The zero-order valence-electron chi connectivity index (χ0n) is 12.2. The van der Waals surface area contributed by atoms with Crippen LogP contribution in [0, 0.1) is 12.7 Å². The molecule has 6 heteroatoms. The summed E-state index contributed by atoms with van der Waals surface area (Å²) in [6.07, 6.45) is 2.68. The van der Waals surface area contributed by atoms with Gasteiger partial charge in [-0.25, -0.2) is 9.37 Å². The highest BCUT2D eigenvalue weighted by Crippen LogP contribution is 2.10. The lowest BCUT2D eigenvalue weighted by Crippen LogP contribution is -2.37. The van der Waals surface area contributed by atoms with E-state index in [9.17, 15) is 4.39 Å². The number of thiazole rings is 1. The van der Waals surface area contributed by atoms with E-state index in [-0.39, 0.29) is 5.82 Å². The summed E-state index contributed by atoms with van der Waals surface area (Å²) in [5.41, 5.74) is 1.09. The third-order valence-corrected chi connectivity index (χ3v) is 3.83. The SMILES string of the molecule is CN=C(NCCc1ccc(F)cc1)NCc1ncc(C)s1. The van der Waals surface area contributed by atoms with Crippen LogP contribution in [0.4, 0.5) is 4.39 Å². The molecule has 4 nitrogen and oxygen atoms in total. The van der Waals surface area contributed by atoms with E-state index in [1.165, 1.54) is 17.0 Å². The van der Waals surface area contributed by atoms with Crippen molar-refractivity contribution in [3.8, 4) is 0 Å². The summed E-state index contributed by atoms with van der Waals surface area (Å²) >= 11 is 1.67. The molecule has 2 rings (SSSR count). The number of aromatic nitrogens is 1. The number of rotatable bonds is 5. The molecule has 0 fully saturated rings. The summed E-state index contributed by atoms with van der Waals surface area (Å²) in [6.45, 7) is 3.44. The van der Waals surface area contributed by atoms with E-state index in [0.717, 1.165) is 29.5 Å². The summed E-state index contributed by atoms with van der Waals surface area (Å²) in [7, 11) is 1.74. The van der Waals surface area contributed by atoms with Crippen LogP contribution in [0.25, 0.3) is 0 Å². The van der Waals surface area contributed by atoms with Crippen LogP contribution in [-0.2, 0) is 13.0 Å². The fourth-order valence-electron chi connectivity index (χ4n) is 1.84. The summed E-state index contributed by atoms with van der Waals surface area (Å²) < 4.78 is 12.8. The van der Waals surface area contributed by atoms with Crippen LogP contribution in [0.2, 0.25) is 0 Å². The van der Waals surface area contributed by atoms with Crippen LogP contribution < -0.4 is 10.6 Å². The Morgan fingerprint density at radius 1 is 1.29 bits per heavy atom. The van der Waals surface area contributed by atoms with Gasteiger partial charge in [0.1, 0.15) is 10.8 Å². The summed E-state index contributed by atoms with van der Waals surface area (Å²) in [5.74, 6) is 0.535. The second-order valence-electron chi connectivity index (χ2n) is 4.59. The van der Waals surface area contributed by atoms with Gasteiger partial charge in [0.05, 0.1) is 6.54 Å². The third-order valence-electron chi connectivity index (χ3n) is 2.92. The highest BCUT2D eigenvalue weighted by molar-refractivity contribution is 7.11. The predicted molar refractivity (Wildman–Crippen MR) is 85.2 cm³/mol. The van der Waals surface area contributed by atoms with Gasteiger partial charge in [-0.1, -0.05) is 12.1 Å². The normalized spacial score (nSPS) is 11.5. The molecule has 0 atom stereocenters. The fraction of sp³-hybridized carbons (Fsp3) is 0.333. The summed E-state index contributed by atoms with van der Waals surface area (Å²) in [5, 5.41) is 7.49. The average molecular weight is 306 g/mol. The maximum Gasteiger partial charge on any atom is 0.191 e. The molecule has 0 amide bonds. The van der Waals surface area contributed by atoms with Crippen molar-refractivity contribution >= 4 is 17.3 Å². The van der Waals surface area contributed by atoms with Crippen LogP contribution >= 0.6 is 11.3 Å². The third kappa shape index (κ3) is 5.15. The standard InChI is InChI=1S/C15H19FN4S/c1-11-9-19-14(21-11)10-20-15(17-2)18-8-7-12-3-5-13(16)6-4-12/h3-6,9H,7-8,10H2,1-2H3,(H2,17,18,20). The lowest BCUT2D eigenvalue weighted by atomic mass is 10.1. The van der Waals surface area contributed by atoms with E-state index in [2.05, 4.69) is 20.6 Å². The molecule has 0 bridgehead atoms. The smallest absolute Gasteiger partial charge is 0.191 e. The van der Waals surface area contributed by atoms with Crippen molar-refractivity contribution in [1.82, 2.24) is 15.6 Å². The minimum absolute atomic E-state index is 0.206. The van der Waals surface area contributed by atoms with Gasteiger partial charge in [-0.3, -0.25) is 4.99 Å². The van der Waals surface area contributed by atoms with Crippen molar-refractivity contribution < 1.29 is 4.39 Å². The number of aliphatic imine (C=N–C) groups is 1. The topological polar surface area (TPSA) is 49.3 Å². The van der Waals surface area contributed by atoms with Crippen molar-refractivity contribution in [1.29, 1.82) is 0 Å². The van der Waals surface area contributed by atoms with Gasteiger partial charge in [0.2, 0.25) is 0 Å². The summed E-state index contributed by atoms with van der Waals surface area (Å²) in [6, 6.07) is 6.55. The van der Waals surface area contributed by atoms with Crippen LogP contribution in [0.15, 0.2) is 35.5 Å². The van der Waals surface area contributed by atoms with E-state index in [4.69, 9.17) is 0 Å². The Balaban J connectivity index is 1.74. The Morgan fingerprint density at radius 3 is 2.67 bits per heavy atom. The molecule has 0 aliphatic rings. The molecule has 0 saturated carbocycles. The lowest BCUT2D eigenvalue weighted by Gasteiger charge is -2.10. The Hall–Kier alpha value is -1.95. The van der Waals surface area contributed by atoms with Crippen molar-refractivity contribution in [3.63, 3.8) is 0 Å². The van der Waals surface area contributed by atoms with Gasteiger partial charge < -0.3 is 10.6 Å². The van der Waals surface area contributed by atoms with Crippen LogP contribution in [0.3, 0.4) is 0 Å². The number of benzene rings is 1. The molecule has 21 heavy (non-hydrogen) atoms. The summed E-state index contributed by atoms with van der Waals surface area (Å²) in [4.78, 5) is 9.66. The van der Waals surface area contributed by atoms with Crippen molar-refractivity contribution in [3.05, 3.63) is 51.7 Å². The molecule has 0 radical (unpaired) electrons. The fourth-order valence-corrected chi connectivity index (χ4v) is 2.57. The number of halogens is 1. The first-order valence-electron chi connectivity index (χ1n) is 6.77.